The van der Waals surface area contributed by atoms with Crippen LogP contribution in [0.3, 0.4) is 0 Å². The molecule has 0 unspecified atom stereocenters. The van der Waals surface area contributed by atoms with Gasteiger partial charge in [-0.05, 0) is 0 Å². The Morgan fingerprint density at radius 1 is 1.08 bits per heavy atom. The van der Waals surface area contributed by atoms with Gasteiger partial charge >= 0.3 is 0 Å². The maximum absolute atomic E-state index is 9.78. The van der Waals surface area contributed by atoms with Crippen LogP contribution in [0.25, 0.3) is 0 Å². The molecule has 0 aromatic carbocycles. The lowest BCUT2D eigenvalue weighted by molar-refractivity contribution is 0.564. The Hall–Kier alpha value is -2.16. The molecule has 0 fully saturated rings. The van der Waals surface area contributed by atoms with Gasteiger partial charge < -0.3 is 0 Å². The van der Waals surface area contributed by atoms with Gasteiger partial charge in [-0.3, -0.25) is 0 Å². The molecule has 6 nitrogen and oxygen atoms in total. The van der Waals surface area contributed by atoms with Crippen LogP contribution in [0.15, 0.2) is 22.4 Å². The largest absolute Gasteiger partial charge is 0.242 e. The summed E-state index contributed by atoms with van der Waals surface area (Å²) in [7, 11) is 0. The summed E-state index contributed by atoms with van der Waals surface area (Å²) in [5, 5.41) is 0. The summed E-state index contributed by atoms with van der Waals surface area (Å²) in [4.78, 5) is 33.1. The molecule has 1 rings (SSSR count). The molecule has 58 valence electrons. The van der Waals surface area contributed by atoms with Crippen molar-refractivity contribution in [2.24, 2.45) is 9.98 Å². The molecule has 0 saturated carbocycles. The second kappa shape index (κ2) is 3.88. The van der Waals surface area contributed by atoms with Crippen molar-refractivity contribution in [3.8, 4) is 0 Å². The molecule has 0 aliphatic rings. The molecule has 1 aromatic rings. The van der Waals surface area contributed by atoms with Crippen LogP contribution in [0.5, 0.6) is 0 Å². The summed E-state index contributed by atoms with van der Waals surface area (Å²) >= 11 is 0. The zero-order valence-electron chi connectivity index (χ0n) is 5.76. The van der Waals surface area contributed by atoms with Crippen LogP contribution in [-0.2, 0) is 9.59 Å². The molecular formula is C6H2N4O2. The number of hydrogen-bond donors (Lipinski definition) is 0. The van der Waals surface area contributed by atoms with Gasteiger partial charge in [-0.25, -0.2) is 19.6 Å². The third-order valence-corrected chi connectivity index (χ3v) is 0.959. The first-order valence-electron chi connectivity index (χ1n) is 2.84. The predicted molar refractivity (Wildman–Crippen MR) is 37.6 cm³/mol. The van der Waals surface area contributed by atoms with Crippen molar-refractivity contribution in [2.45, 2.75) is 0 Å². The van der Waals surface area contributed by atoms with Crippen molar-refractivity contribution in [2.75, 3.05) is 0 Å². The van der Waals surface area contributed by atoms with Gasteiger partial charge in [0.15, 0.2) is 11.6 Å². The molecule has 0 radical (unpaired) electrons. The van der Waals surface area contributed by atoms with Gasteiger partial charge in [0.05, 0.1) is 0 Å². The smallest absolute Gasteiger partial charge is 0.216 e. The zero-order valence-corrected chi connectivity index (χ0v) is 5.76. The highest BCUT2D eigenvalue weighted by Crippen LogP contribution is 2.12. The SMILES string of the molecule is O=C=Nc1cc(N=C=O)ncn1. The fraction of sp³-hybridized carbons (Fsp3) is 0. The lowest BCUT2D eigenvalue weighted by Crippen LogP contribution is -1.77. The summed E-state index contributed by atoms with van der Waals surface area (Å²) in [6, 6.07) is 1.26. The van der Waals surface area contributed by atoms with E-state index in [1.165, 1.54) is 18.2 Å². The third-order valence-electron chi connectivity index (χ3n) is 0.959. The highest BCUT2D eigenvalue weighted by Gasteiger charge is 1.93. The lowest BCUT2D eigenvalue weighted by Gasteiger charge is -1.88. The molecule has 0 aliphatic carbocycles. The van der Waals surface area contributed by atoms with E-state index in [0.29, 0.717) is 0 Å². The number of aliphatic imine (C=N–C) groups is 2. The molecule has 0 aliphatic heterocycles. The van der Waals surface area contributed by atoms with Crippen molar-refractivity contribution in [3.05, 3.63) is 12.4 Å². The second-order valence-corrected chi connectivity index (χ2v) is 1.64. The Labute approximate surface area is 66.7 Å². The van der Waals surface area contributed by atoms with Crippen LogP contribution in [0.4, 0.5) is 11.6 Å². The second-order valence-electron chi connectivity index (χ2n) is 1.64. The van der Waals surface area contributed by atoms with Crippen molar-refractivity contribution < 1.29 is 9.59 Å². The summed E-state index contributed by atoms with van der Waals surface area (Å²) in [6.45, 7) is 0. The molecule has 1 heterocycles. The maximum atomic E-state index is 9.78. The van der Waals surface area contributed by atoms with Crippen LogP contribution >= 0.6 is 0 Å². The van der Waals surface area contributed by atoms with Crippen molar-refractivity contribution in [1.29, 1.82) is 0 Å². The minimum Gasteiger partial charge on any atom is -0.216 e. The fourth-order valence-corrected chi connectivity index (χ4v) is 0.553. The molecule has 0 atom stereocenters. The molecule has 0 N–H and O–H groups in total. The van der Waals surface area contributed by atoms with Gasteiger partial charge in [-0.15, -0.1) is 9.98 Å². The van der Waals surface area contributed by atoms with E-state index in [0.717, 1.165) is 6.33 Å². The quantitative estimate of drug-likeness (QED) is 0.465. The van der Waals surface area contributed by atoms with E-state index in [1.54, 1.807) is 0 Å². The number of nitrogens with zero attached hydrogens (tertiary/aromatic N) is 4. The van der Waals surface area contributed by atoms with Crippen LogP contribution in [0.1, 0.15) is 0 Å². The Bertz CT molecular complexity index is 344. The van der Waals surface area contributed by atoms with E-state index < -0.39 is 0 Å². The van der Waals surface area contributed by atoms with E-state index in [2.05, 4.69) is 20.0 Å². The average molecular weight is 162 g/mol. The van der Waals surface area contributed by atoms with E-state index >= 15 is 0 Å². The Balaban J connectivity index is 3.11. The van der Waals surface area contributed by atoms with Gasteiger partial charge in [-0.1, -0.05) is 0 Å². The first-order chi connectivity index (χ1) is 5.86. The van der Waals surface area contributed by atoms with Gasteiger partial charge in [0.25, 0.3) is 0 Å². The van der Waals surface area contributed by atoms with Crippen LogP contribution in [0.2, 0.25) is 0 Å². The monoisotopic (exact) mass is 162 g/mol. The van der Waals surface area contributed by atoms with E-state index in [-0.39, 0.29) is 11.6 Å². The molecule has 0 spiro atoms. The van der Waals surface area contributed by atoms with Gasteiger partial charge in [-0.2, -0.15) is 0 Å². The van der Waals surface area contributed by atoms with E-state index in [9.17, 15) is 9.59 Å². The van der Waals surface area contributed by atoms with Crippen LogP contribution < -0.4 is 0 Å². The van der Waals surface area contributed by atoms with Gasteiger partial charge in [0, 0.05) is 6.07 Å². The normalized spacial score (nSPS) is 8.00. The average Bonchev–Trinajstić information content (AvgIpc) is 2.06. The first kappa shape index (κ1) is 7.94. The molecule has 0 bridgehead atoms. The van der Waals surface area contributed by atoms with Gasteiger partial charge in [0.2, 0.25) is 12.2 Å². The molecule has 1 aromatic heterocycles. The first-order valence-corrected chi connectivity index (χ1v) is 2.84. The molecule has 6 heteroatoms. The molecule has 0 saturated heterocycles. The minimum absolute atomic E-state index is 0.106. The third kappa shape index (κ3) is 1.91. The number of rotatable bonds is 2. The van der Waals surface area contributed by atoms with Crippen molar-refractivity contribution in [1.82, 2.24) is 9.97 Å². The minimum atomic E-state index is 0.106. The summed E-state index contributed by atoms with van der Waals surface area (Å²) < 4.78 is 0. The molecule has 12 heavy (non-hydrogen) atoms. The summed E-state index contributed by atoms with van der Waals surface area (Å²) in [5.74, 6) is 0.211. The van der Waals surface area contributed by atoms with Crippen molar-refractivity contribution in [3.63, 3.8) is 0 Å². The van der Waals surface area contributed by atoms with Gasteiger partial charge in [0.1, 0.15) is 6.33 Å². The predicted octanol–water partition coefficient (Wildman–Crippen LogP) is 0.411. The lowest BCUT2D eigenvalue weighted by atomic mass is 10.5. The molecule has 0 amide bonds. The topological polar surface area (TPSA) is 84.6 Å². The van der Waals surface area contributed by atoms with Crippen LogP contribution in [-0.4, -0.2) is 22.1 Å². The highest BCUT2D eigenvalue weighted by molar-refractivity contribution is 5.50. The van der Waals surface area contributed by atoms with E-state index in [4.69, 9.17) is 0 Å². The Morgan fingerprint density at radius 3 is 2.00 bits per heavy atom. The number of hydrogen-bond acceptors (Lipinski definition) is 6. The standard InChI is InChI=1S/C6H2N4O2/c11-3-9-5-1-6(10-4-12)8-2-7-5/h1-2H. The molecular weight excluding hydrogens is 160 g/mol. The fourth-order valence-electron chi connectivity index (χ4n) is 0.553. The Morgan fingerprint density at radius 2 is 1.58 bits per heavy atom. The van der Waals surface area contributed by atoms with Crippen LogP contribution in [0, 0.1) is 0 Å². The van der Waals surface area contributed by atoms with Crippen molar-refractivity contribution >= 4 is 23.8 Å². The van der Waals surface area contributed by atoms with E-state index in [1.807, 2.05) is 0 Å². The summed E-state index contributed by atoms with van der Waals surface area (Å²) in [6.07, 6.45) is 3.73. The zero-order chi connectivity index (χ0) is 8.81. The Kier molecular flexibility index (Phi) is 2.57. The highest BCUT2D eigenvalue weighted by atomic mass is 16.1. The number of carbonyl (C=O) groups excluding carboxylic acids is 2. The number of aromatic nitrogens is 2. The number of isocyanates is 2. The maximum Gasteiger partial charge on any atom is 0.242 e. The summed E-state index contributed by atoms with van der Waals surface area (Å²) in [5.41, 5.74) is 0.